The highest BCUT2D eigenvalue weighted by molar-refractivity contribution is 7.95. The summed E-state index contributed by atoms with van der Waals surface area (Å²) in [6.07, 6.45) is 1.44. The first-order valence-corrected chi connectivity index (χ1v) is 9.77. The van der Waals surface area contributed by atoms with Gasteiger partial charge in [-0.3, -0.25) is 0 Å². The molecule has 0 aromatic heterocycles. The molecule has 121 valence electrons. The Labute approximate surface area is 150 Å². The van der Waals surface area contributed by atoms with Gasteiger partial charge in [0, 0.05) is 6.42 Å². The molecule has 0 saturated heterocycles. The molecule has 0 N–H and O–H groups in total. The first-order chi connectivity index (χ1) is 11.4. The highest BCUT2D eigenvalue weighted by Gasteiger charge is 2.33. The Morgan fingerprint density at radius 3 is 1.25 bits per heavy atom. The molecule has 3 rings (SSSR count). The van der Waals surface area contributed by atoms with Gasteiger partial charge < -0.3 is 0 Å². The van der Waals surface area contributed by atoms with Crippen molar-refractivity contribution in [1.82, 2.24) is 0 Å². The van der Waals surface area contributed by atoms with E-state index in [-0.39, 0.29) is 12.4 Å². The fraction of sp³-hybridized carbons (Fsp3) is 0.0952. The maximum absolute atomic E-state index is 9.24. The smallest absolute Gasteiger partial charge is 0.0625 e. The Morgan fingerprint density at radius 2 is 0.958 bits per heavy atom. The van der Waals surface area contributed by atoms with Gasteiger partial charge in [0.15, 0.2) is 0 Å². The van der Waals surface area contributed by atoms with Crippen molar-refractivity contribution < 1.29 is 0 Å². The maximum Gasteiger partial charge on any atom is 0.0625 e. The highest BCUT2D eigenvalue weighted by Crippen LogP contribution is 2.55. The summed E-state index contributed by atoms with van der Waals surface area (Å²) in [4.78, 5) is 0. The van der Waals surface area contributed by atoms with E-state index in [0.29, 0.717) is 6.42 Å². The molecule has 0 aliphatic heterocycles. The first-order valence-electron chi connectivity index (χ1n) is 7.80. The van der Waals surface area contributed by atoms with Crippen molar-refractivity contribution in [2.75, 3.05) is 6.16 Å². The third-order valence-corrected chi connectivity index (χ3v) is 8.58. The van der Waals surface area contributed by atoms with Gasteiger partial charge in [0.25, 0.3) is 0 Å². The van der Waals surface area contributed by atoms with Gasteiger partial charge >= 0.3 is 0 Å². The van der Waals surface area contributed by atoms with Gasteiger partial charge in [-0.1, -0.05) is 91.0 Å². The fourth-order valence-corrected chi connectivity index (χ4v) is 7.25. The molecule has 0 fully saturated rings. The van der Waals surface area contributed by atoms with Crippen molar-refractivity contribution in [3.63, 3.8) is 0 Å². The van der Waals surface area contributed by atoms with Crippen LogP contribution >= 0.6 is 19.7 Å². The normalized spacial score (nSPS) is 10.5. The number of nitriles is 1. The van der Waals surface area contributed by atoms with Crippen LogP contribution in [0.3, 0.4) is 0 Å². The predicted octanol–water partition coefficient (Wildman–Crippen LogP) is 4.32. The minimum Gasteiger partial charge on any atom is -0.198 e. The van der Waals surface area contributed by atoms with Gasteiger partial charge in [-0.15, -0.1) is 12.4 Å². The van der Waals surface area contributed by atoms with Gasteiger partial charge in [0.05, 0.1) is 6.07 Å². The second-order valence-corrected chi connectivity index (χ2v) is 9.06. The van der Waals surface area contributed by atoms with E-state index >= 15 is 0 Å². The minimum atomic E-state index is -1.79. The summed E-state index contributed by atoms with van der Waals surface area (Å²) in [7, 11) is -1.79. The summed E-state index contributed by atoms with van der Waals surface area (Å²) in [5, 5.41) is 13.3. The van der Waals surface area contributed by atoms with Gasteiger partial charge in [-0.25, -0.2) is 0 Å². The van der Waals surface area contributed by atoms with Crippen molar-refractivity contribution >= 4 is 35.6 Å². The number of halogens is 1. The lowest BCUT2D eigenvalue weighted by atomic mass is 10.4. The molecule has 1 radical (unpaired) electrons. The molecule has 0 spiro atoms. The molecule has 0 aliphatic rings. The van der Waals surface area contributed by atoms with Crippen LogP contribution in [0.25, 0.3) is 0 Å². The van der Waals surface area contributed by atoms with Gasteiger partial charge in [-0.05, 0) is 29.3 Å². The van der Waals surface area contributed by atoms with E-state index in [9.17, 15) is 5.26 Å². The van der Waals surface area contributed by atoms with Gasteiger partial charge in [0.1, 0.15) is 0 Å². The zero-order valence-electron chi connectivity index (χ0n) is 13.4. The number of nitrogens with zero attached hydrogens (tertiary/aromatic N) is 1. The van der Waals surface area contributed by atoms with Crippen LogP contribution in [0.15, 0.2) is 91.0 Å². The standard InChI is InChI=1S/C21H19NP.ClH/c22-17-10-18-23(19-11-4-1-5-12-19,20-13-6-2-7-14-20)21-15-8-3-9-16-21;/h1-9,11-16H,10,18H2;1H. The molecule has 3 heteroatoms. The Kier molecular flexibility index (Phi) is 6.56. The number of benzene rings is 3. The highest BCUT2D eigenvalue weighted by atomic mass is 35.5. The lowest BCUT2D eigenvalue weighted by Crippen LogP contribution is -2.33. The van der Waals surface area contributed by atoms with Crippen molar-refractivity contribution in [2.45, 2.75) is 6.42 Å². The molecule has 0 saturated carbocycles. The summed E-state index contributed by atoms with van der Waals surface area (Å²) in [5.74, 6) is 0. The Balaban J connectivity index is 0.00000208. The van der Waals surface area contributed by atoms with Crippen LogP contribution in [-0.2, 0) is 0 Å². The topological polar surface area (TPSA) is 23.8 Å². The Hall–Kier alpha value is -2.13. The van der Waals surface area contributed by atoms with Crippen LogP contribution in [0, 0.1) is 11.3 Å². The third-order valence-electron chi connectivity index (χ3n) is 4.15. The monoisotopic (exact) mass is 352 g/mol. The zero-order chi connectivity index (χ0) is 16.0. The van der Waals surface area contributed by atoms with Crippen LogP contribution in [0.2, 0.25) is 0 Å². The SMILES string of the molecule is Cl.N#CCC[P](c1ccccc1)(c1ccccc1)c1ccccc1. The van der Waals surface area contributed by atoms with Crippen LogP contribution in [0.1, 0.15) is 6.42 Å². The van der Waals surface area contributed by atoms with E-state index < -0.39 is 7.26 Å². The van der Waals surface area contributed by atoms with Gasteiger partial charge in [-0.2, -0.15) is 5.26 Å². The molecule has 0 amide bonds. The second-order valence-electron chi connectivity index (χ2n) is 5.45. The van der Waals surface area contributed by atoms with E-state index in [1.807, 2.05) is 0 Å². The minimum absolute atomic E-state index is 0. The van der Waals surface area contributed by atoms with E-state index in [1.54, 1.807) is 0 Å². The summed E-state index contributed by atoms with van der Waals surface area (Å²) >= 11 is 0. The van der Waals surface area contributed by atoms with Crippen LogP contribution in [0.5, 0.6) is 0 Å². The largest absolute Gasteiger partial charge is 0.198 e. The maximum atomic E-state index is 9.24. The fourth-order valence-electron chi connectivity index (χ4n) is 3.10. The summed E-state index contributed by atoms with van der Waals surface area (Å²) in [5.41, 5.74) is 0. The lowest BCUT2D eigenvalue weighted by Gasteiger charge is -2.38. The average Bonchev–Trinajstić information content (AvgIpc) is 2.65. The summed E-state index contributed by atoms with van der Waals surface area (Å²) < 4.78 is 0. The molecule has 0 unspecified atom stereocenters. The molecular weight excluding hydrogens is 333 g/mol. The quantitative estimate of drug-likeness (QED) is 0.627. The molecule has 0 bridgehead atoms. The number of hydrogen-bond donors (Lipinski definition) is 0. The molecule has 1 nitrogen and oxygen atoms in total. The van der Waals surface area contributed by atoms with E-state index in [4.69, 9.17) is 0 Å². The van der Waals surface area contributed by atoms with Crippen LogP contribution in [-0.4, -0.2) is 6.16 Å². The van der Waals surface area contributed by atoms with Crippen molar-refractivity contribution in [3.8, 4) is 6.07 Å². The molecule has 24 heavy (non-hydrogen) atoms. The molecular formula is C21H20ClNP. The molecule has 3 aromatic carbocycles. The van der Waals surface area contributed by atoms with E-state index in [2.05, 4.69) is 97.1 Å². The molecule has 0 heterocycles. The van der Waals surface area contributed by atoms with Crippen molar-refractivity contribution in [3.05, 3.63) is 91.0 Å². The predicted molar refractivity (Wildman–Crippen MR) is 107 cm³/mol. The average molecular weight is 353 g/mol. The number of hydrogen-bond acceptors (Lipinski definition) is 1. The van der Waals surface area contributed by atoms with Crippen molar-refractivity contribution in [2.24, 2.45) is 0 Å². The Morgan fingerprint density at radius 1 is 0.625 bits per heavy atom. The van der Waals surface area contributed by atoms with Crippen LogP contribution in [0.4, 0.5) is 0 Å². The van der Waals surface area contributed by atoms with E-state index in [0.717, 1.165) is 6.16 Å². The number of rotatable bonds is 5. The van der Waals surface area contributed by atoms with Gasteiger partial charge in [0.2, 0.25) is 0 Å². The second kappa shape index (κ2) is 8.65. The van der Waals surface area contributed by atoms with Crippen molar-refractivity contribution in [1.29, 1.82) is 5.26 Å². The first kappa shape index (κ1) is 18.2. The molecule has 0 atom stereocenters. The summed E-state index contributed by atoms with van der Waals surface area (Å²) in [6, 6.07) is 34.4. The Bertz CT molecular complexity index is 686. The van der Waals surface area contributed by atoms with E-state index in [1.165, 1.54) is 15.9 Å². The lowest BCUT2D eigenvalue weighted by molar-refractivity contribution is 1.23. The summed E-state index contributed by atoms with van der Waals surface area (Å²) in [6.45, 7) is 0. The molecule has 3 aromatic rings. The zero-order valence-corrected chi connectivity index (χ0v) is 15.1. The third kappa shape index (κ3) is 3.51. The van der Waals surface area contributed by atoms with Crippen LogP contribution < -0.4 is 15.9 Å². The molecule has 0 aliphatic carbocycles.